The monoisotopic (exact) mass is 286 g/mol. The second-order valence-corrected chi connectivity index (χ2v) is 5.74. The third-order valence-corrected chi connectivity index (χ3v) is 3.91. The van der Waals surface area contributed by atoms with E-state index in [-0.39, 0.29) is 0 Å². The minimum atomic E-state index is 0.516. The largest absolute Gasteiger partial charge is 0.361 e. The summed E-state index contributed by atoms with van der Waals surface area (Å²) in [5.74, 6) is 0.516. The smallest absolute Gasteiger partial charge is 0.0998 e. The minimum Gasteiger partial charge on any atom is -0.361 e. The number of nitrogens with one attached hydrogen (secondary N) is 1. The minimum absolute atomic E-state index is 0.516. The van der Waals surface area contributed by atoms with Crippen molar-refractivity contribution in [1.29, 1.82) is 5.26 Å². The van der Waals surface area contributed by atoms with Gasteiger partial charge in [0, 0.05) is 22.7 Å². The molecule has 2 aromatic carbocycles. The average molecular weight is 286 g/mol. The number of aromatic nitrogens is 1. The lowest BCUT2D eigenvalue weighted by molar-refractivity contribution is 0.866. The maximum atomic E-state index is 9.53. The van der Waals surface area contributed by atoms with Crippen molar-refractivity contribution in [1.82, 2.24) is 4.98 Å². The number of fused-ring (bicyclic) bond motifs is 1. The molecule has 0 aliphatic heterocycles. The Kier molecular flexibility index (Phi) is 3.80. The lowest BCUT2D eigenvalue weighted by atomic mass is 9.99. The van der Waals surface area contributed by atoms with E-state index in [4.69, 9.17) is 0 Å². The van der Waals surface area contributed by atoms with E-state index in [0.717, 1.165) is 22.0 Å². The lowest BCUT2D eigenvalue weighted by Gasteiger charge is -2.05. The molecule has 0 saturated carbocycles. The summed E-state index contributed by atoms with van der Waals surface area (Å²) in [7, 11) is 0. The maximum Gasteiger partial charge on any atom is 0.0998 e. The van der Waals surface area contributed by atoms with Gasteiger partial charge in [-0.15, -0.1) is 0 Å². The van der Waals surface area contributed by atoms with Crippen LogP contribution in [-0.2, 0) is 0 Å². The molecule has 22 heavy (non-hydrogen) atoms. The third-order valence-electron chi connectivity index (χ3n) is 3.91. The van der Waals surface area contributed by atoms with Crippen molar-refractivity contribution in [2.24, 2.45) is 0 Å². The summed E-state index contributed by atoms with van der Waals surface area (Å²) in [6.45, 7) is 4.36. The quantitative estimate of drug-likeness (QED) is 0.647. The number of allylic oxidation sites excluding steroid dienone is 1. The summed E-state index contributed by atoms with van der Waals surface area (Å²) in [4.78, 5) is 3.22. The molecule has 0 atom stereocenters. The fourth-order valence-corrected chi connectivity index (χ4v) is 2.61. The third kappa shape index (κ3) is 2.66. The topological polar surface area (TPSA) is 39.6 Å². The Morgan fingerprint density at radius 3 is 2.50 bits per heavy atom. The zero-order valence-corrected chi connectivity index (χ0v) is 12.8. The summed E-state index contributed by atoms with van der Waals surface area (Å²) in [6.07, 6.45) is 3.85. The van der Waals surface area contributed by atoms with Crippen LogP contribution in [0.15, 0.2) is 54.7 Å². The first-order chi connectivity index (χ1) is 10.7. The van der Waals surface area contributed by atoms with E-state index in [2.05, 4.69) is 49.2 Å². The molecule has 3 rings (SSSR count). The fraction of sp³-hybridized carbons (Fsp3) is 0.150. The molecule has 0 radical (unpaired) electrons. The molecule has 0 saturated heterocycles. The van der Waals surface area contributed by atoms with Crippen molar-refractivity contribution in [2.45, 2.75) is 19.8 Å². The number of hydrogen-bond donors (Lipinski definition) is 1. The fourth-order valence-electron chi connectivity index (χ4n) is 2.61. The van der Waals surface area contributed by atoms with E-state index in [1.165, 1.54) is 5.56 Å². The molecular weight excluding hydrogens is 268 g/mol. The van der Waals surface area contributed by atoms with Gasteiger partial charge in [0.25, 0.3) is 0 Å². The van der Waals surface area contributed by atoms with E-state index in [0.29, 0.717) is 11.5 Å². The summed E-state index contributed by atoms with van der Waals surface area (Å²) in [6, 6.07) is 18.8. The van der Waals surface area contributed by atoms with Crippen molar-refractivity contribution in [3.63, 3.8) is 0 Å². The Bertz CT molecular complexity index is 859. The van der Waals surface area contributed by atoms with E-state index >= 15 is 0 Å². The van der Waals surface area contributed by atoms with Crippen LogP contribution in [0.2, 0.25) is 0 Å². The van der Waals surface area contributed by atoms with Crippen LogP contribution in [0.1, 0.15) is 36.5 Å². The zero-order valence-electron chi connectivity index (χ0n) is 12.8. The number of hydrogen-bond acceptors (Lipinski definition) is 1. The van der Waals surface area contributed by atoms with Crippen LogP contribution in [0.4, 0.5) is 0 Å². The van der Waals surface area contributed by atoms with Crippen LogP contribution in [-0.4, -0.2) is 4.98 Å². The maximum absolute atomic E-state index is 9.53. The van der Waals surface area contributed by atoms with Gasteiger partial charge in [0.15, 0.2) is 0 Å². The van der Waals surface area contributed by atoms with Crippen LogP contribution < -0.4 is 0 Å². The van der Waals surface area contributed by atoms with Gasteiger partial charge in [0.1, 0.15) is 0 Å². The predicted molar refractivity (Wildman–Crippen MR) is 92.3 cm³/mol. The number of benzene rings is 2. The zero-order chi connectivity index (χ0) is 15.5. The van der Waals surface area contributed by atoms with E-state index < -0.39 is 0 Å². The van der Waals surface area contributed by atoms with Gasteiger partial charge in [0.2, 0.25) is 0 Å². The van der Waals surface area contributed by atoms with Gasteiger partial charge in [-0.1, -0.05) is 56.3 Å². The molecule has 0 fully saturated rings. The first-order valence-corrected chi connectivity index (χ1v) is 7.47. The summed E-state index contributed by atoms with van der Waals surface area (Å²) < 4.78 is 0. The highest BCUT2D eigenvalue weighted by Gasteiger charge is 2.08. The summed E-state index contributed by atoms with van der Waals surface area (Å²) in [5.41, 5.74) is 5.03. The molecule has 0 aliphatic carbocycles. The SMILES string of the molecule is CC(C)c1ccc(C=C(C#N)c2c[nH]c3ccccc23)cc1. The molecule has 108 valence electrons. The highest BCUT2D eigenvalue weighted by Crippen LogP contribution is 2.26. The van der Waals surface area contributed by atoms with Crippen LogP contribution in [0, 0.1) is 11.3 Å². The highest BCUT2D eigenvalue weighted by molar-refractivity contribution is 6.01. The second-order valence-electron chi connectivity index (χ2n) is 5.74. The van der Waals surface area contributed by atoms with Crippen molar-refractivity contribution >= 4 is 22.6 Å². The van der Waals surface area contributed by atoms with Gasteiger partial charge in [-0.3, -0.25) is 0 Å². The van der Waals surface area contributed by atoms with Gasteiger partial charge >= 0.3 is 0 Å². The Hall–Kier alpha value is -2.79. The van der Waals surface area contributed by atoms with Gasteiger partial charge in [-0.05, 0) is 29.2 Å². The van der Waals surface area contributed by atoms with Gasteiger partial charge in [0.05, 0.1) is 11.6 Å². The molecule has 1 aromatic heterocycles. The van der Waals surface area contributed by atoms with Crippen molar-refractivity contribution in [2.75, 3.05) is 0 Å². The Morgan fingerprint density at radius 2 is 1.82 bits per heavy atom. The average Bonchev–Trinajstić information content (AvgIpc) is 2.97. The van der Waals surface area contributed by atoms with E-state index in [1.54, 1.807) is 0 Å². The molecule has 0 bridgehead atoms. The predicted octanol–water partition coefficient (Wildman–Crippen LogP) is 5.36. The molecule has 0 aliphatic rings. The van der Waals surface area contributed by atoms with E-state index in [1.807, 2.05) is 36.5 Å². The van der Waals surface area contributed by atoms with Gasteiger partial charge < -0.3 is 4.98 Å². The van der Waals surface area contributed by atoms with Crippen LogP contribution >= 0.6 is 0 Å². The van der Waals surface area contributed by atoms with Gasteiger partial charge in [-0.2, -0.15) is 5.26 Å². The number of para-hydroxylation sites is 1. The van der Waals surface area contributed by atoms with Crippen molar-refractivity contribution in [3.8, 4) is 6.07 Å². The van der Waals surface area contributed by atoms with Crippen LogP contribution in [0.3, 0.4) is 0 Å². The first-order valence-electron chi connectivity index (χ1n) is 7.47. The number of nitriles is 1. The normalized spacial score (nSPS) is 11.8. The molecule has 0 amide bonds. The van der Waals surface area contributed by atoms with Gasteiger partial charge in [-0.25, -0.2) is 0 Å². The summed E-state index contributed by atoms with van der Waals surface area (Å²) >= 11 is 0. The Morgan fingerprint density at radius 1 is 1.09 bits per heavy atom. The molecule has 0 unspecified atom stereocenters. The second kappa shape index (κ2) is 5.91. The summed E-state index contributed by atoms with van der Waals surface area (Å²) in [5, 5.41) is 10.6. The molecule has 1 heterocycles. The lowest BCUT2D eigenvalue weighted by Crippen LogP contribution is -1.86. The van der Waals surface area contributed by atoms with E-state index in [9.17, 15) is 5.26 Å². The molecule has 0 spiro atoms. The highest BCUT2D eigenvalue weighted by atomic mass is 14.7. The molecular formula is C20H18N2. The number of H-pyrrole nitrogens is 1. The molecule has 2 heteroatoms. The molecule has 2 nitrogen and oxygen atoms in total. The van der Waals surface area contributed by atoms with Crippen LogP contribution in [0.25, 0.3) is 22.6 Å². The van der Waals surface area contributed by atoms with Crippen LogP contribution in [0.5, 0.6) is 0 Å². The number of nitrogens with zero attached hydrogens (tertiary/aromatic N) is 1. The Labute approximate surface area is 130 Å². The van der Waals surface area contributed by atoms with Crippen molar-refractivity contribution < 1.29 is 0 Å². The molecule has 1 N–H and O–H groups in total. The number of aromatic amines is 1. The Balaban J connectivity index is 2.02. The number of rotatable bonds is 3. The first kappa shape index (κ1) is 14.2. The molecule has 3 aromatic rings. The standard InChI is InChI=1S/C20H18N2/c1-14(2)16-9-7-15(8-10-16)11-17(12-21)19-13-22-20-6-4-3-5-18(19)20/h3-11,13-14,22H,1-2H3. The van der Waals surface area contributed by atoms with Crippen molar-refractivity contribution in [3.05, 3.63) is 71.4 Å².